The van der Waals surface area contributed by atoms with Crippen LogP contribution in [-0.4, -0.2) is 32.1 Å². The van der Waals surface area contributed by atoms with Crippen molar-refractivity contribution in [3.05, 3.63) is 0 Å². The lowest BCUT2D eigenvalue weighted by Crippen LogP contribution is -2.44. The quantitative estimate of drug-likeness (QED) is 0.747. The summed E-state index contributed by atoms with van der Waals surface area (Å²) in [6.45, 7) is 7.20. The van der Waals surface area contributed by atoms with Crippen LogP contribution >= 0.6 is 0 Å². The van der Waals surface area contributed by atoms with Gasteiger partial charge in [-0.1, -0.05) is 13.8 Å². The standard InChI is InChI=1S/C11H21NO2/c1-11(2)7-13-10(14-8-11)4-3-9-5-6-12-9/h9-10,12H,3-8H2,1-2H3/t9-/m1/s1. The molecule has 1 N–H and O–H groups in total. The highest BCUT2D eigenvalue weighted by Gasteiger charge is 2.29. The zero-order chi connectivity index (χ0) is 10.0. The Balaban J connectivity index is 1.63. The lowest BCUT2D eigenvalue weighted by Gasteiger charge is -2.36. The molecule has 0 amide bonds. The predicted molar refractivity (Wildman–Crippen MR) is 55.1 cm³/mol. The third kappa shape index (κ3) is 2.69. The smallest absolute Gasteiger partial charge is 0.157 e. The van der Waals surface area contributed by atoms with Crippen LogP contribution < -0.4 is 5.32 Å². The number of nitrogens with one attached hydrogen (secondary N) is 1. The summed E-state index contributed by atoms with van der Waals surface area (Å²) >= 11 is 0. The maximum Gasteiger partial charge on any atom is 0.157 e. The van der Waals surface area contributed by atoms with Gasteiger partial charge in [0, 0.05) is 11.5 Å². The van der Waals surface area contributed by atoms with Gasteiger partial charge >= 0.3 is 0 Å². The minimum Gasteiger partial charge on any atom is -0.352 e. The van der Waals surface area contributed by atoms with Gasteiger partial charge < -0.3 is 14.8 Å². The van der Waals surface area contributed by atoms with E-state index in [1.807, 2.05) is 0 Å². The summed E-state index contributed by atoms with van der Waals surface area (Å²) < 4.78 is 11.3. The second-order valence-electron chi connectivity index (χ2n) is 5.23. The first-order chi connectivity index (χ1) is 6.66. The Morgan fingerprint density at radius 2 is 1.86 bits per heavy atom. The normalized spacial score (nSPS) is 32.6. The van der Waals surface area contributed by atoms with Crippen LogP contribution in [0.4, 0.5) is 0 Å². The van der Waals surface area contributed by atoms with Crippen LogP contribution in [0.5, 0.6) is 0 Å². The zero-order valence-corrected chi connectivity index (χ0v) is 9.21. The van der Waals surface area contributed by atoms with Crippen LogP contribution in [0, 0.1) is 5.41 Å². The summed E-state index contributed by atoms with van der Waals surface area (Å²) in [5.41, 5.74) is 0.200. The molecule has 2 rings (SSSR count). The van der Waals surface area contributed by atoms with Crippen molar-refractivity contribution in [1.82, 2.24) is 5.32 Å². The first-order valence-electron chi connectivity index (χ1n) is 5.62. The Morgan fingerprint density at radius 3 is 2.36 bits per heavy atom. The molecule has 0 saturated carbocycles. The van der Waals surface area contributed by atoms with Crippen LogP contribution in [0.25, 0.3) is 0 Å². The minimum atomic E-state index is 0.0467. The van der Waals surface area contributed by atoms with Gasteiger partial charge in [0.25, 0.3) is 0 Å². The first-order valence-corrected chi connectivity index (χ1v) is 5.62. The van der Waals surface area contributed by atoms with Gasteiger partial charge in [-0.15, -0.1) is 0 Å². The highest BCUT2D eigenvalue weighted by Crippen LogP contribution is 2.25. The Morgan fingerprint density at radius 1 is 1.21 bits per heavy atom. The SMILES string of the molecule is CC1(C)COC(CC[C@@H]2CCN2)OC1. The van der Waals surface area contributed by atoms with E-state index in [1.54, 1.807) is 0 Å². The monoisotopic (exact) mass is 199 g/mol. The fraction of sp³-hybridized carbons (Fsp3) is 1.00. The molecule has 0 aromatic rings. The van der Waals surface area contributed by atoms with E-state index < -0.39 is 0 Å². The van der Waals surface area contributed by atoms with E-state index in [1.165, 1.54) is 19.4 Å². The summed E-state index contributed by atoms with van der Waals surface area (Å²) in [5, 5.41) is 3.39. The van der Waals surface area contributed by atoms with Crippen LogP contribution in [0.15, 0.2) is 0 Å². The molecule has 14 heavy (non-hydrogen) atoms. The summed E-state index contributed by atoms with van der Waals surface area (Å²) in [5.74, 6) is 0. The fourth-order valence-corrected chi connectivity index (χ4v) is 1.83. The van der Waals surface area contributed by atoms with Crippen molar-refractivity contribution in [3.8, 4) is 0 Å². The molecule has 0 aromatic carbocycles. The Kier molecular flexibility index (Phi) is 3.10. The molecule has 2 aliphatic heterocycles. The molecular formula is C11H21NO2. The van der Waals surface area contributed by atoms with E-state index in [-0.39, 0.29) is 11.7 Å². The molecule has 2 fully saturated rings. The second-order valence-corrected chi connectivity index (χ2v) is 5.23. The van der Waals surface area contributed by atoms with Gasteiger partial charge in [-0.25, -0.2) is 0 Å². The number of hydrogen-bond acceptors (Lipinski definition) is 3. The van der Waals surface area contributed by atoms with Gasteiger partial charge in [0.1, 0.15) is 0 Å². The average molecular weight is 199 g/mol. The van der Waals surface area contributed by atoms with Crippen LogP contribution in [0.3, 0.4) is 0 Å². The van der Waals surface area contributed by atoms with Crippen molar-refractivity contribution >= 4 is 0 Å². The summed E-state index contributed by atoms with van der Waals surface area (Å²) in [6.07, 6.45) is 3.59. The molecule has 0 aromatic heterocycles. The fourth-order valence-electron chi connectivity index (χ4n) is 1.83. The largest absolute Gasteiger partial charge is 0.352 e. The van der Waals surface area contributed by atoms with Crippen LogP contribution in [-0.2, 0) is 9.47 Å². The molecule has 2 aliphatic rings. The van der Waals surface area contributed by atoms with Gasteiger partial charge in [0.05, 0.1) is 13.2 Å². The first kappa shape index (κ1) is 10.4. The zero-order valence-electron chi connectivity index (χ0n) is 9.21. The molecule has 1 atom stereocenters. The van der Waals surface area contributed by atoms with E-state index in [9.17, 15) is 0 Å². The number of hydrogen-bond donors (Lipinski definition) is 1. The predicted octanol–water partition coefficient (Wildman–Crippen LogP) is 1.53. The topological polar surface area (TPSA) is 30.5 Å². The number of rotatable bonds is 3. The molecule has 2 saturated heterocycles. The molecule has 82 valence electrons. The highest BCUT2D eigenvalue weighted by atomic mass is 16.7. The molecule has 0 unspecified atom stereocenters. The van der Waals surface area contributed by atoms with Crippen molar-refractivity contribution in [2.45, 2.75) is 45.4 Å². The van der Waals surface area contributed by atoms with E-state index in [4.69, 9.17) is 9.47 Å². The Bertz CT molecular complexity index is 180. The van der Waals surface area contributed by atoms with Crippen molar-refractivity contribution in [3.63, 3.8) is 0 Å². The lowest BCUT2D eigenvalue weighted by molar-refractivity contribution is -0.224. The van der Waals surface area contributed by atoms with Crippen molar-refractivity contribution < 1.29 is 9.47 Å². The third-order valence-corrected chi connectivity index (χ3v) is 3.00. The summed E-state index contributed by atoms with van der Waals surface area (Å²) in [4.78, 5) is 0. The molecule has 2 heterocycles. The molecule has 3 nitrogen and oxygen atoms in total. The maximum absolute atomic E-state index is 5.66. The van der Waals surface area contributed by atoms with Crippen LogP contribution in [0.1, 0.15) is 33.1 Å². The third-order valence-electron chi connectivity index (χ3n) is 3.00. The van der Waals surface area contributed by atoms with E-state index in [0.29, 0.717) is 0 Å². The van der Waals surface area contributed by atoms with Gasteiger partial charge in [-0.3, -0.25) is 0 Å². The van der Waals surface area contributed by atoms with Gasteiger partial charge in [0.15, 0.2) is 6.29 Å². The van der Waals surface area contributed by atoms with Crippen molar-refractivity contribution in [2.24, 2.45) is 5.41 Å². The molecule has 0 aliphatic carbocycles. The summed E-state index contributed by atoms with van der Waals surface area (Å²) in [7, 11) is 0. The van der Waals surface area contributed by atoms with E-state index >= 15 is 0 Å². The Labute approximate surface area is 86.2 Å². The molecule has 3 heteroatoms. The highest BCUT2D eigenvalue weighted by molar-refractivity contribution is 4.78. The molecule has 0 radical (unpaired) electrons. The molecular weight excluding hydrogens is 178 g/mol. The lowest BCUT2D eigenvalue weighted by atomic mass is 9.95. The van der Waals surface area contributed by atoms with Crippen molar-refractivity contribution in [2.75, 3.05) is 19.8 Å². The van der Waals surface area contributed by atoms with E-state index in [0.717, 1.165) is 25.7 Å². The second kappa shape index (κ2) is 4.17. The maximum atomic E-state index is 5.66. The molecule has 0 bridgehead atoms. The average Bonchev–Trinajstić information content (AvgIpc) is 2.05. The van der Waals surface area contributed by atoms with Gasteiger partial charge in [-0.05, 0) is 25.8 Å². The van der Waals surface area contributed by atoms with Crippen molar-refractivity contribution in [1.29, 1.82) is 0 Å². The number of ether oxygens (including phenoxy) is 2. The molecule has 0 spiro atoms. The van der Waals surface area contributed by atoms with Crippen LogP contribution in [0.2, 0.25) is 0 Å². The van der Waals surface area contributed by atoms with Gasteiger partial charge in [-0.2, -0.15) is 0 Å². The Hall–Kier alpha value is -0.120. The minimum absolute atomic E-state index is 0.0467. The van der Waals surface area contributed by atoms with Gasteiger partial charge in [0.2, 0.25) is 0 Å². The van der Waals surface area contributed by atoms with E-state index in [2.05, 4.69) is 19.2 Å². The summed E-state index contributed by atoms with van der Waals surface area (Å²) in [6, 6.07) is 0.720.